The van der Waals surface area contributed by atoms with Gasteiger partial charge in [-0.2, -0.15) is 16.7 Å². The third-order valence-electron chi connectivity index (χ3n) is 4.92. The van der Waals surface area contributed by atoms with Crippen molar-refractivity contribution in [3.8, 4) is 0 Å². The van der Waals surface area contributed by atoms with Gasteiger partial charge in [0.2, 0.25) is 5.89 Å². The van der Waals surface area contributed by atoms with Crippen LogP contribution < -0.4 is 5.73 Å². The average Bonchev–Trinajstić information content (AvgIpc) is 3.00. The van der Waals surface area contributed by atoms with E-state index in [1.54, 1.807) is 0 Å². The summed E-state index contributed by atoms with van der Waals surface area (Å²) in [7, 11) is 0. The Labute approximate surface area is 135 Å². The summed E-state index contributed by atoms with van der Waals surface area (Å²) in [5.41, 5.74) is 6.21. The van der Waals surface area contributed by atoms with Gasteiger partial charge in [0.05, 0.1) is 10.7 Å². The summed E-state index contributed by atoms with van der Waals surface area (Å²) in [5.74, 6) is 4.04. The molecule has 2 heterocycles. The fourth-order valence-corrected chi connectivity index (χ4v) is 6.33. The molecule has 3 rings (SSSR count). The Morgan fingerprint density at radius 1 is 1.33 bits per heavy atom. The minimum Gasteiger partial charge on any atom is -0.339 e. The van der Waals surface area contributed by atoms with Gasteiger partial charge in [0.1, 0.15) is 0 Å². The van der Waals surface area contributed by atoms with Crippen molar-refractivity contribution in [2.24, 2.45) is 5.73 Å². The second-order valence-corrected chi connectivity index (χ2v) is 8.93. The summed E-state index contributed by atoms with van der Waals surface area (Å²) in [5, 5.41) is 5.29. The number of rotatable bonds is 3. The maximum atomic E-state index is 6.35. The first kappa shape index (κ1) is 15.7. The molecule has 0 spiro atoms. The van der Waals surface area contributed by atoms with Crippen LogP contribution in [-0.4, -0.2) is 32.9 Å². The lowest BCUT2D eigenvalue weighted by atomic mass is 9.72. The van der Waals surface area contributed by atoms with Gasteiger partial charge in [-0.1, -0.05) is 24.9 Å². The maximum Gasteiger partial charge on any atom is 0.234 e. The Hall–Kier alpha value is -0.200. The fourth-order valence-electron chi connectivity index (χ4n) is 3.35. The zero-order valence-electron chi connectivity index (χ0n) is 12.9. The third-order valence-corrected chi connectivity index (χ3v) is 8.16. The van der Waals surface area contributed by atoms with Crippen molar-refractivity contribution in [1.29, 1.82) is 0 Å². The van der Waals surface area contributed by atoms with E-state index in [1.807, 2.05) is 23.5 Å². The van der Waals surface area contributed by atoms with Crippen molar-refractivity contribution in [1.82, 2.24) is 10.1 Å². The molecule has 6 heteroatoms. The molecule has 1 aliphatic heterocycles. The Morgan fingerprint density at radius 2 is 2.14 bits per heavy atom. The minimum absolute atomic E-state index is 0.134. The van der Waals surface area contributed by atoms with Crippen molar-refractivity contribution in [2.75, 3.05) is 11.5 Å². The zero-order chi connectivity index (χ0) is 14.9. The van der Waals surface area contributed by atoms with Crippen LogP contribution in [0.15, 0.2) is 4.52 Å². The average molecular weight is 328 g/mol. The molecule has 2 N–H and O–H groups in total. The van der Waals surface area contributed by atoms with E-state index in [2.05, 4.69) is 19.0 Å². The van der Waals surface area contributed by atoms with Gasteiger partial charge in [0.25, 0.3) is 0 Å². The molecule has 1 saturated carbocycles. The molecule has 0 radical (unpaired) electrons. The van der Waals surface area contributed by atoms with Crippen LogP contribution in [-0.2, 0) is 5.41 Å². The first-order valence-corrected chi connectivity index (χ1v) is 10.1. The third kappa shape index (κ3) is 2.99. The minimum atomic E-state index is -0.141. The van der Waals surface area contributed by atoms with Crippen molar-refractivity contribution in [3.05, 3.63) is 11.7 Å². The molecule has 2 fully saturated rings. The van der Waals surface area contributed by atoms with E-state index in [1.165, 1.54) is 24.3 Å². The summed E-state index contributed by atoms with van der Waals surface area (Å²) in [6, 6.07) is 0.134. The van der Waals surface area contributed by atoms with E-state index in [4.69, 9.17) is 15.2 Å². The highest BCUT2D eigenvalue weighted by atomic mass is 32.2. The molecule has 1 aliphatic carbocycles. The van der Waals surface area contributed by atoms with Gasteiger partial charge in [-0.3, -0.25) is 0 Å². The van der Waals surface area contributed by atoms with Gasteiger partial charge >= 0.3 is 0 Å². The van der Waals surface area contributed by atoms with Crippen LogP contribution in [0.5, 0.6) is 0 Å². The highest BCUT2D eigenvalue weighted by molar-refractivity contribution is 8.06. The van der Waals surface area contributed by atoms with Gasteiger partial charge in [-0.05, 0) is 26.2 Å². The smallest absolute Gasteiger partial charge is 0.234 e. The molecular formula is C15H25N3OS2. The molecule has 0 aromatic carbocycles. The lowest BCUT2D eigenvalue weighted by Gasteiger charge is -2.36. The standard InChI is InChI=1S/C15H25N3OS2/c1-3-10-12(21-9-8-20-10)13-17-14(19-18-13)15(2)7-5-4-6-11(15)16/h10-12H,3-9,16H2,1-2H3. The van der Waals surface area contributed by atoms with Crippen molar-refractivity contribution in [3.63, 3.8) is 0 Å². The predicted octanol–water partition coefficient (Wildman–Crippen LogP) is 3.53. The Kier molecular flexibility index (Phi) is 4.86. The number of aromatic nitrogens is 2. The highest BCUT2D eigenvalue weighted by Crippen LogP contribution is 2.44. The van der Waals surface area contributed by atoms with E-state index in [-0.39, 0.29) is 11.5 Å². The lowest BCUT2D eigenvalue weighted by Crippen LogP contribution is -2.45. The van der Waals surface area contributed by atoms with Crippen LogP contribution in [0.1, 0.15) is 62.9 Å². The van der Waals surface area contributed by atoms with Gasteiger partial charge in [-0.15, -0.1) is 11.8 Å². The van der Waals surface area contributed by atoms with Crippen LogP contribution in [0.2, 0.25) is 0 Å². The summed E-state index contributed by atoms with van der Waals surface area (Å²) in [6.07, 6.45) is 5.68. The summed E-state index contributed by atoms with van der Waals surface area (Å²) in [6.45, 7) is 4.43. The molecule has 2 aliphatic rings. The molecule has 4 atom stereocenters. The topological polar surface area (TPSA) is 64.9 Å². The van der Waals surface area contributed by atoms with Gasteiger partial charge in [0.15, 0.2) is 5.82 Å². The first-order chi connectivity index (χ1) is 10.1. The maximum absolute atomic E-state index is 6.35. The Morgan fingerprint density at radius 3 is 2.90 bits per heavy atom. The van der Waals surface area contributed by atoms with E-state index < -0.39 is 0 Å². The number of thioether (sulfide) groups is 2. The summed E-state index contributed by atoms with van der Waals surface area (Å²) < 4.78 is 5.66. The van der Waals surface area contributed by atoms with Crippen LogP contribution in [0.25, 0.3) is 0 Å². The predicted molar refractivity (Wildman–Crippen MR) is 89.8 cm³/mol. The molecule has 0 bridgehead atoms. The normalized spacial score (nSPS) is 37.6. The number of nitrogens with zero attached hydrogens (tertiary/aromatic N) is 2. The molecule has 0 amide bonds. The van der Waals surface area contributed by atoms with Crippen molar-refractivity contribution >= 4 is 23.5 Å². The molecule has 21 heavy (non-hydrogen) atoms. The van der Waals surface area contributed by atoms with Crippen LogP contribution >= 0.6 is 23.5 Å². The second-order valence-electron chi connectivity index (χ2n) is 6.34. The quantitative estimate of drug-likeness (QED) is 0.916. The fraction of sp³-hybridized carbons (Fsp3) is 0.867. The largest absolute Gasteiger partial charge is 0.339 e. The molecule has 1 aromatic rings. The summed E-state index contributed by atoms with van der Waals surface area (Å²) in [4.78, 5) is 4.79. The molecular weight excluding hydrogens is 302 g/mol. The second kappa shape index (κ2) is 6.50. The monoisotopic (exact) mass is 327 g/mol. The molecule has 1 aromatic heterocycles. The van der Waals surface area contributed by atoms with E-state index in [0.717, 1.165) is 31.0 Å². The number of hydrogen-bond donors (Lipinski definition) is 1. The summed E-state index contributed by atoms with van der Waals surface area (Å²) >= 11 is 4.02. The van der Waals surface area contributed by atoms with E-state index in [0.29, 0.717) is 10.5 Å². The van der Waals surface area contributed by atoms with Gasteiger partial charge < -0.3 is 10.3 Å². The SMILES string of the molecule is CCC1SCCSC1c1noc(C2(C)CCCCC2N)n1. The van der Waals surface area contributed by atoms with E-state index in [9.17, 15) is 0 Å². The van der Waals surface area contributed by atoms with Gasteiger partial charge in [0, 0.05) is 22.8 Å². The number of nitrogens with two attached hydrogens (primary N) is 1. The Balaban J connectivity index is 1.82. The van der Waals surface area contributed by atoms with Crippen LogP contribution in [0.3, 0.4) is 0 Å². The molecule has 4 nitrogen and oxygen atoms in total. The van der Waals surface area contributed by atoms with E-state index >= 15 is 0 Å². The molecule has 1 saturated heterocycles. The lowest BCUT2D eigenvalue weighted by molar-refractivity contribution is 0.203. The zero-order valence-corrected chi connectivity index (χ0v) is 14.5. The first-order valence-electron chi connectivity index (χ1n) is 7.98. The Bertz CT molecular complexity index is 481. The van der Waals surface area contributed by atoms with Crippen molar-refractivity contribution in [2.45, 2.75) is 67.9 Å². The van der Waals surface area contributed by atoms with Crippen molar-refractivity contribution < 1.29 is 4.52 Å². The van der Waals surface area contributed by atoms with Crippen LogP contribution in [0, 0.1) is 0 Å². The molecule has 4 unspecified atom stereocenters. The number of hydrogen-bond acceptors (Lipinski definition) is 6. The highest BCUT2D eigenvalue weighted by Gasteiger charge is 2.41. The van der Waals surface area contributed by atoms with Crippen LogP contribution in [0.4, 0.5) is 0 Å². The van der Waals surface area contributed by atoms with Gasteiger partial charge in [-0.25, -0.2) is 0 Å². The molecule has 118 valence electrons.